The van der Waals surface area contributed by atoms with Crippen LogP contribution < -0.4 is 9.64 Å². The van der Waals surface area contributed by atoms with E-state index in [9.17, 15) is 4.79 Å². The average molecular weight is 318 g/mol. The molecule has 116 valence electrons. The van der Waals surface area contributed by atoms with Crippen LogP contribution in [0.1, 0.15) is 34.8 Å². The van der Waals surface area contributed by atoms with E-state index < -0.39 is 5.97 Å². The van der Waals surface area contributed by atoms with Gasteiger partial charge >= 0.3 is 5.97 Å². The van der Waals surface area contributed by atoms with E-state index in [4.69, 9.17) is 9.84 Å². The van der Waals surface area contributed by atoms with E-state index in [1.807, 2.05) is 18.2 Å². The summed E-state index contributed by atoms with van der Waals surface area (Å²) in [6, 6.07) is 8.16. The Kier molecular flexibility index (Phi) is 4.29. The zero-order chi connectivity index (χ0) is 15.5. The quantitative estimate of drug-likeness (QED) is 0.937. The number of hydrogen-bond acceptors (Lipinski definition) is 5. The molecule has 1 aliphatic heterocycles. The second-order valence-electron chi connectivity index (χ2n) is 5.32. The fourth-order valence-corrected chi connectivity index (χ4v) is 3.75. The van der Waals surface area contributed by atoms with Crippen LogP contribution in [-0.2, 0) is 0 Å². The van der Waals surface area contributed by atoms with Crippen molar-refractivity contribution in [1.29, 1.82) is 0 Å². The van der Waals surface area contributed by atoms with E-state index in [1.54, 1.807) is 12.5 Å². The summed E-state index contributed by atoms with van der Waals surface area (Å²) in [4.78, 5) is 17.3. The minimum atomic E-state index is -0.966. The molecule has 0 saturated carbocycles. The molecule has 0 unspecified atom stereocenters. The van der Waals surface area contributed by atoms with Crippen molar-refractivity contribution in [3.8, 4) is 5.75 Å². The zero-order valence-electron chi connectivity index (χ0n) is 12.4. The van der Waals surface area contributed by atoms with E-state index >= 15 is 0 Å². The molecular formula is C16H18N2O3S. The Morgan fingerprint density at radius 2 is 2.09 bits per heavy atom. The van der Waals surface area contributed by atoms with Crippen molar-refractivity contribution in [2.45, 2.75) is 18.8 Å². The molecule has 0 spiro atoms. The van der Waals surface area contributed by atoms with Gasteiger partial charge in [-0.1, -0.05) is 18.2 Å². The summed E-state index contributed by atoms with van der Waals surface area (Å²) < 4.78 is 5.45. The third-order valence-corrected chi connectivity index (χ3v) is 4.96. The molecule has 0 aliphatic carbocycles. The van der Waals surface area contributed by atoms with E-state index in [1.165, 1.54) is 16.9 Å². The van der Waals surface area contributed by atoms with Gasteiger partial charge in [0.15, 0.2) is 10.8 Å². The third-order valence-electron chi connectivity index (χ3n) is 4.06. The molecule has 2 aromatic rings. The molecule has 1 aromatic heterocycles. The Morgan fingerprint density at radius 3 is 2.73 bits per heavy atom. The van der Waals surface area contributed by atoms with Gasteiger partial charge < -0.3 is 14.7 Å². The molecule has 5 nitrogen and oxygen atoms in total. The van der Waals surface area contributed by atoms with Gasteiger partial charge in [0.2, 0.25) is 0 Å². The highest BCUT2D eigenvalue weighted by atomic mass is 32.1. The van der Waals surface area contributed by atoms with Crippen LogP contribution in [0.3, 0.4) is 0 Å². The molecule has 22 heavy (non-hydrogen) atoms. The van der Waals surface area contributed by atoms with Gasteiger partial charge in [0.1, 0.15) is 5.75 Å². The zero-order valence-corrected chi connectivity index (χ0v) is 13.2. The smallest absolute Gasteiger partial charge is 0.355 e. The number of benzene rings is 1. The molecule has 6 heteroatoms. The number of carboxylic acid groups (broad SMARTS) is 1. The Morgan fingerprint density at radius 1 is 1.36 bits per heavy atom. The van der Waals surface area contributed by atoms with Crippen LogP contribution in [0, 0.1) is 0 Å². The number of methoxy groups -OCH3 is 1. The predicted octanol–water partition coefficient (Wildman–Crippen LogP) is 3.23. The number of anilines is 1. The van der Waals surface area contributed by atoms with Crippen molar-refractivity contribution in [1.82, 2.24) is 4.98 Å². The molecule has 1 saturated heterocycles. The maximum atomic E-state index is 10.9. The van der Waals surface area contributed by atoms with Crippen molar-refractivity contribution in [2.75, 3.05) is 25.1 Å². The third kappa shape index (κ3) is 2.92. The number of aromatic carboxylic acids is 1. The fraction of sp³-hybridized carbons (Fsp3) is 0.375. The summed E-state index contributed by atoms with van der Waals surface area (Å²) >= 11 is 1.40. The second-order valence-corrected chi connectivity index (χ2v) is 6.16. The van der Waals surface area contributed by atoms with Crippen molar-refractivity contribution >= 4 is 22.4 Å². The monoisotopic (exact) mass is 318 g/mol. The highest BCUT2D eigenvalue weighted by Gasteiger charge is 2.24. The summed E-state index contributed by atoms with van der Waals surface area (Å²) in [6.45, 7) is 1.77. The van der Waals surface area contributed by atoms with E-state index in [2.05, 4.69) is 16.0 Å². The summed E-state index contributed by atoms with van der Waals surface area (Å²) in [5.41, 5.74) is 1.39. The Hall–Kier alpha value is -2.08. The van der Waals surface area contributed by atoms with Crippen molar-refractivity contribution in [3.05, 3.63) is 40.9 Å². The molecule has 1 aliphatic rings. The largest absolute Gasteiger partial charge is 0.496 e. The number of carbonyl (C=O) groups is 1. The van der Waals surface area contributed by atoms with Gasteiger partial charge in [-0.25, -0.2) is 9.78 Å². The number of piperidine rings is 1. The molecule has 1 N–H and O–H groups in total. The molecule has 2 heterocycles. The number of carboxylic acids is 1. The molecule has 3 rings (SSSR count). The topological polar surface area (TPSA) is 62.7 Å². The first-order chi connectivity index (χ1) is 10.7. The highest BCUT2D eigenvalue weighted by molar-refractivity contribution is 7.13. The van der Waals surface area contributed by atoms with Gasteiger partial charge in [0.05, 0.1) is 7.11 Å². The number of hydrogen-bond donors (Lipinski definition) is 1. The van der Waals surface area contributed by atoms with Crippen LogP contribution >= 0.6 is 11.3 Å². The SMILES string of the molecule is COc1ccccc1C1CCN(c2nc(C(=O)O)cs2)CC1. The lowest BCUT2D eigenvalue weighted by Crippen LogP contribution is -2.32. The molecule has 1 aromatic carbocycles. The number of nitrogens with zero attached hydrogens (tertiary/aromatic N) is 2. The Bertz CT molecular complexity index is 663. The molecule has 0 atom stereocenters. The first-order valence-corrected chi connectivity index (χ1v) is 8.13. The minimum absolute atomic E-state index is 0.131. The average Bonchev–Trinajstić information content (AvgIpc) is 3.05. The predicted molar refractivity (Wildman–Crippen MR) is 86.3 cm³/mol. The molecule has 0 bridgehead atoms. The first kappa shape index (κ1) is 14.8. The number of ether oxygens (including phenoxy) is 1. The number of para-hydroxylation sites is 1. The van der Waals surface area contributed by atoms with Crippen LogP contribution in [0.4, 0.5) is 5.13 Å². The molecular weight excluding hydrogens is 300 g/mol. The lowest BCUT2D eigenvalue weighted by Gasteiger charge is -2.32. The van der Waals surface area contributed by atoms with Crippen molar-refractivity contribution in [3.63, 3.8) is 0 Å². The van der Waals surface area contributed by atoms with Gasteiger partial charge in [0.25, 0.3) is 0 Å². The molecule has 1 fully saturated rings. The Balaban J connectivity index is 1.68. The van der Waals surface area contributed by atoms with Gasteiger partial charge in [0, 0.05) is 18.5 Å². The minimum Gasteiger partial charge on any atom is -0.496 e. The van der Waals surface area contributed by atoms with Crippen LogP contribution in [-0.4, -0.2) is 36.3 Å². The van der Waals surface area contributed by atoms with E-state index in [0.29, 0.717) is 5.92 Å². The first-order valence-electron chi connectivity index (χ1n) is 7.25. The maximum Gasteiger partial charge on any atom is 0.355 e. The van der Waals surface area contributed by atoms with Crippen LogP contribution in [0.25, 0.3) is 0 Å². The summed E-state index contributed by atoms with van der Waals surface area (Å²) in [6.07, 6.45) is 2.03. The van der Waals surface area contributed by atoms with Gasteiger partial charge in [-0.2, -0.15) is 0 Å². The van der Waals surface area contributed by atoms with E-state index in [0.717, 1.165) is 36.8 Å². The van der Waals surface area contributed by atoms with Crippen LogP contribution in [0.5, 0.6) is 5.75 Å². The molecule has 0 radical (unpaired) electrons. The van der Waals surface area contributed by atoms with Crippen molar-refractivity contribution < 1.29 is 14.6 Å². The standard InChI is InChI=1S/C16H18N2O3S/c1-21-14-5-3-2-4-12(14)11-6-8-18(9-7-11)16-17-13(10-22-16)15(19)20/h2-5,10-11H,6-9H2,1H3,(H,19,20). The van der Waals surface area contributed by atoms with Gasteiger partial charge in [-0.15, -0.1) is 11.3 Å². The van der Waals surface area contributed by atoms with Crippen LogP contribution in [0.15, 0.2) is 29.6 Å². The number of thiazole rings is 1. The summed E-state index contributed by atoms with van der Waals surface area (Å²) in [7, 11) is 1.71. The van der Waals surface area contributed by atoms with Gasteiger partial charge in [-0.05, 0) is 30.4 Å². The Labute approximate surface area is 133 Å². The van der Waals surface area contributed by atoms with Crippen LogP contribution in [0.2, 0.25) is 0 Å². The highest BCUT2D eigenvalue weighted by Crippen LogP contribution is 2.35. The van der Waals surface area contributed by atoms with E-state index in [-0.39, 0.29) is 5.69 Å². The second kappa shape index (κ2) is 6.36. The lowest BCUT2D eigenvalue weighted by molar-refractivity contribution is 0.0691. The lowest BCUT2D eigenvalue weighted by atomic mass is 9.89. The maximum absolute atomic E-state index is 10.9. The normalized spacial score (nSPS) is 15.8. The fourth-order valence-electron chi connectivity index (χ4n) is 2.89. The summed E-state index contributed by atoms with van der Waals surface area (Å²) in [5, 5.41) is 11.4. The van der Waals surface area contributed by atoms with Gasteiger partial charge in [-0.3, -0.25) is 0 Å². The number of aromatic nitrogens is 1. The molecule has 0 amide bonds. The number of rotatable bonds is 4. The van der Waals surface area contributed by atoms with Crippen molar-refractivity contribution in [2.24, 2.45) is 0 Å². The summed E-state index contributed by atoms with van der Waals surface area (Å²) in [5.74, 6) is 0.459.